The normalized spacial score (nSPS) is 25.0. The molecular weight excluding hydrogens is 144 g/mol. The summed E-state index contributed by atoms with van der Waals surface area (Å²) < 4.78 is 0. The Hall–Kier alpha value is 0.01000. The van der Waals surface area contributed by atoms with Gasteiger partial charge < -0.3 is 11.5 Å². The summed E-state index contributed by atoms with van der Waals surface area (Å²) in [7, 11) is 0. The minimum absolute atomic E-state index is 0. The molecule has 0 bridgehead atoms. The van der Waals surface area contributed by atoms with Crippen LogP contribution in [0.2, 0.25) is 0 Å². The van der Waals surface area contributed by atoms with Gasteiger partial charge in [0.25, 0.3) is 0 Å². The fraction of sp³-hybridized carbons (Fsp3) is 0.714. The van der Waals surface area contributed by atoms with E-state index in [0.717, 1.165) is 18.2 Å². The molecule has 1 unspecified atom stereocenters. The predicted octanol–water partition coefficient (Wildman–Crippen LogP) is 1.43. The lowest BCUT2D eigenvalue weighted by Crippen LogP contribution is -2.32. The fourth-order valence-corrected chi connectivity index (χ4v) is 2.06. The zero-order chi connectivity index (χ0) is 6.53. The van der Waals surface area contributed by atoms with Crippen LogP contribution in [-0.4, -0.2) is 24.1 Å². The van der Waals surface area contributed by atoms with Crippen molar-refractivity contribution >= 4 is 11.8 Å². The van der Waals surface area contributed by atoms with Gasteiger partial charge in [0, 0.05) is 24.1 Å². The Bertz CT molecular complexity index is 89.6. The molecule has 0 aromatic rings. The highest BCUT2D eigenvalue weighted by Gasteiger charge is 2.10. The van der Waals surface area contributed by atoms with Crippen LogP contribution in [0.1, 0.15) is 6.42 Å². The van der Waals surface area contributed by atoms with Gasteiger partial charge in [-0.05, 0) is 6.42 Å². The Labute approximate surface area is 67.0 Å². The van der Waals surface area contributed by atoms with E-state index < -0.39 is 0 Å². The molecule has 0 saturated carbocycles. The summed E-state index contributed by atoms with van der Waals surface area (Å²) in [4.78, 5) is 0. The summed E-state index contributed by atoms with van der Waals surface area (Å²) in [6, 6.07) is 0. The first-order chi connectivity index (χ1) is 4.43. The summed E-state index contributed by atoms with van der Waals surface area (Å²) in [6.45, 7) is 6.06. The largest absolute Gasteiger partial charge is 0.344 e. The molecule has 4 N–H and O–H groups in total. The molecule has 0 spiro atoms. The van der Waals surface area contributed by atoms with Gasteiger partial charge in [-0.15, -0.1) is 6.58 Å². The van der Waals surface area contributed by atoms with Crippen molar-refractivity contribution in [2.75, 3.05) is 18.8 Å². The SMILES string of the molecule is C=CCC1CNCCS1.N. The molecule has 0 amide bonds. The van der Waals surface area contributed by atoms with E-state index in [-0.39, 0.29) is 6.15 Å². The zero-order valence-electron chi connectivity index (χ0n) is 6.31. The van der Waals surface area contributed by atoms with Crippen molar-refractivity contribution in [3.8, 4) is 0 Å². The molecule has 0 aliphatic carbocycles. The van der Waals surface area contributed by atoms with Crippen molar-refractivity contribution in [2.45, 2.75) is 11.7 Å². The van der Waals surface area contributed by atoms with Gasteiger partial charge in [0.05, 0.1) is 0 Å². The second-order valence-corrected chi connectivity index (χ2v) is 3.63. The van der Waals surface area contributed by atoms with Gasteiger partial charge >= 0.3 is 0 Å². The average Bonchev–Trinajstić information content (AvgIpc) is 1.91. The standard InChI is InChI=1S/C7H13NS.H3N/c1-2-3-7-6-8-4-5-9-7;/h2,7-8H,1,3-6H2;1H3. The minimum atomic E-state index is 0. The number of nitrogens with one attached hydrogen (secondary N) is 1. The zero-order valence-corrected chi connectivity index (χ0v) is 7.12. The van der Waals surface area contributed by atoms with Crippen LogP contribution in [0.15, 0.2) is 12.7 Å². The van der Waals surface area contributed by atoms with E-state index >= 15 is 0 Å². The average molecular weight is 160 g/mol. The van der Waals surface area contributed by atoms with E-state index in [9.17, 15) is 0 Å². The van der Waals surface area contributed by atoms with Crippen LogP contribution in [0, 0.1) is 0 Å². The minimum Gasteiger partial charge on any atom is -0.344 e. The molecule has 1 atom stereocenters. The van der Waals surface area contributed by atoms with E-state index in [4.69, 9.17) is 0 Å². The van der Waals surface area contributed by atoms with E-state index in [1.807, 2.05) is 6.08 Å². The second-order valence-electron chi connectivity index (χ2n) is 2.22. The van der Waals surface area contributed by atoms with Crippen LogP contribution in [0.25, 0.3) is 0 Å². The van der Waals surface area contributed by atoms with E-state index in [1.54, 1.807) is 0 Å². The van der Waals surface area contributed by atoms with Crippen molar-refractivity contribution in [1.82, 2.24) is 11.5 Å². The van der Waals surface area contributed by atoms with Crippen molar-refractivity contribution in [3.63, 3.8) is 0 Å². The summed E-state index contributed by atoms with van der Waals surface area (Å²) in [6.07, 6.45) is 3.16. The van der Waals surface area contributed by atoms with E-state index in [0.29, 0.717) is 0 Å². The molecule has 1 fully saturated rings. The molecule has 60 valence electrons. The van der Waals surface area contributed by atoms with Gasteiger partial charge in [0.2, 0.25) is 0 Å². The highest BCUT2D eigenvalue weighted by atomic mass is 32.2. The van der Waals surface area contributed by atoms with Gasteiger partial charge in [-0.25, -0.2) is 0 Å². The predicted molar refractivity (Wildman–Crippen MR) is 49.0 cm³/mol. The van der Waals surface area contributed by atoms with Gasteiger partial charge in [-0.1, -0.05) is 6.08 Å². The molecule has 1 rings (SSSR count). The van der Waals surface area contributed by atoms with Crippen molar-refractivity contribution in [2.24, 2.45) is 0 Å². The van der Waals surface area contributed by atoms with Crippen molar-refractivity contribution in [1.29, 1.82) is 0 Å². The van der Waals surface area contributed by atoms with Gasteiger partial charge in [0.15, 0.2) is 0 Å². The highest BCUT2D eigenvalue weighted by molar-refractivity contribution is 8.00. The molecule has 1 aliphatic rings. The van der Waals surface area contributed by atoms with Crippen molar-refractivity contribution in [3.05, 3.63) is 12.7 Å². The molecule has 2 nitrogen and oxygen atoms in total. The summed E-state index contributed by atoms with van der Waals surface area (Å²) in [5.41, 5.74) is 0. The van der Waals surface area contributed by atoms with Crippen LogP contribution in [0.5, 0.6) is 0 Å². The fourth-order valence-electron chi connectivity index (χ4n) is 0.957. The lowest BCUT2D eigenvalue weighted by atomic mass is 10.3. The van der Waals surface area contributed by atoms with Crippen molar-refractivity contribution < 1.29 is 0 Å². The molecule has 3 heteroatoms. The molecule has 0 radical (unpaired) electrons. The first-order valence-electron chi connectivity index (χ1n) is 3.36. The molecule has 10 heavy (non-hydrogen) atoms. The third-order valence-corrected chi connectivity index (χ3v) is 2.70. The summed E-state index contributed by atoms with van der Waals surface area (Å²) in [5, 5.41) is 4.14. The number of allylic oxidation sites excluding steroid dienone is 1. The smallest absolute Gasteiger partial charge is 0.0207 e. The molecule has 0 aromatic carbocycles. The molecule has 1 heterocycles. The number of thioether (sulfide) groups is 1. The van der Waals surface area contributed by atoms with E-state index in [2.05, 4.69) is 23.7 Å². The Morgan fingerprint density at radius 3 is 3.00 bits per heavy atom. The Balaban J connectivity index is 0.000000810. The third kappa shape index (κ3) is 3.25. The highest BCUT2D eigenvalue weighted by Crippen LogP contribution is 2.16. The van der Waals surface area contributed by atoms with Gasteiger partial charge in [-0.2, -0.15) is 11.8 Å². The van der Waals surface area contributed by atoms with Crippen LogP contribution in [-0.2, 0) is 0 Å². The van der Waals surface area contributed by atoms with E-state index in [1.165, 1.54) is 12.3 Å². The first-order valence-corrected chi connectivity index (χ1v) is 4.41. The number of hydrogen-bond donors (Lipinski definition) is 2. The van der Waals surface area contributed by atoms with Crippen LogP contribution < -0.4 is 11.5 Å². The second kappa shape index (κ2) is 5.77. The maximum absolute atomic E-state index is 3.71. The topological polar surface area (TPSA) is 47.0 Å². The summed E-state index contributed by atoms with van der Waals surface area (Å²) in [5.74, 6) is 1.26. The molecule has 1 saturated heterocycles. The lowest BCUT2D eigenvalue weighted by Gasteiger charge is -2.20. The first kappa shape index (κ1) is 10.0. The maximum atomic E-state index is 3.71. The van der Waals surface area contributed by atoms with Crippen LogP contribution in [0.3, 0.4) is 0 Å². The Morgan fingerprint density at radius 1 is 1.70 bits per heavy atom. The maximum Gasteiger partial charge on any atom is 0.0207 e. The number of hydrogen-bond acceptors (Lipinski definition) is 3. The molecule has 1 aliphatic heterocycles. The summed E-state index contributed by atoms with van der Waals surface area (Å²) >= 11 is 2.05. The van der Waals surface area contributed by atoms with Crippen LogP contribution in [0.4, 0.5) is 0 Å². The Kier molecular flexibility index (Phi) is 5.78. The molecular formula is C7H16N2S. The number of rotatable bonds is 2. The van der Waals surface area contributed by atoms with Gasteiger partial charge in [-0.3, -0.25) is 0 Å². The molecule has 0 aromatic heterocycles. The van der Waals surface area contributed by atoms with Crippen LogP contribution >= 0.6 is 11.8 Å². The third-order valence-electron chi connectivity index (χ3n) is 1.43. The Morgan fingerprint density at radius 2 is 2.50 bits per heavy atom. The lowest BCUT2D eigenvalue weighted by molar-refractivity contribution is 0.673. The quantitative estimate of drug-likeness (QED) is 0.601. The monoisotopic (exact) mass is 160 g/mol. The van der Waals surface area contributed by atoms with Gasteiger partial charge in [0.1, 0.15) is 0 Å².